The summed E-state index contributed by atoms with van der Waals surface area (Å²) in [4.78, 5) is 0. The van der Waals surface area contributed by atoms with Gasteiger partial charge in [0.1, 0.15) is 0 Å². The molecular formula is C10H16BrClN2. The van der Waals surface area contributed by atoms with Crippen molar-refractivity contribution in [3.8, 4) is 0 Å². The zero-order chi connectivity index (χ0) is 9.68. The molecule has 0 unspecified atom stereocenters. The average Bonchev–Trinajstić information content (AvgIpc) is 2.14. The predicted molar refractivity (Wildman–Crippen MR) is 66.6 cm³/mol. The van der Waals surface area contributed by atoms with E-state index in [1.807, 2.05) is 18.2 Å². The summed E-state index contributed by atoms with van der Waals surface area (Å²) in [6, 6.07) is 8.22. The van der Waals surface area contributed by atoms with Crippen molar-refractivity contribution in [3.05, 3.63) is 34.3 Å². The van der Waals surface area contributed by atoms with Crippen molar-refractivity contribution in [1.29, 1.82) is 0 Å². The first-order valence-electron chi connectivity index (χ1n) is 4.45. The minimum absolute atomic E-state index is 0. The lowest BCUT2D eigenvalue weighted by Gasteiger charge is -2.11. The van der Waals surface area contributed by atoms with Gasteiger partial charge in [0, 0.05) is 10.5 Å². The van der Waals surface area contributed by atoms with Crippen LogP contribution in [0.15, 0.2) is 28.7 Å². The van der Waals surface area contributed by atoms with Gasteiger partial charge in [-0.2, -0.15) is 0 Å². The Bertz CT molecular complexity index is 268. The molecule has 4 N–H and O–H groups in total. The monoisotopic (exact) mass is 278 g/mol. The Morgan fingerprint density at radius 1 is 1.36 bits per heavy atom. The second-order valence-corrected chi connectivity index (χ2v) is 4.01. The zero-order valence-electron chi connectivity index (χ0n) is 7.95. The minimum Gasteiger partial charge on any atom is -0.330 e. The Balaban J connectivity index is 0.00000169. The van der Waals surface area contributed by atoms with Gasteiger partial charge in [0.05, 0.1) is 0 Å². The van der Waals surface area contributed by atoms with Crippen LogP contribution in [-0.2, 0) is 0 Å². The molecule has 2 nitrogen and oxygen atoms in total. The minimum atomic E-state index is 0. The quantitative estimate of drug-likeness (QED) is 0.890. The van der Waals surface area contributed by atoms with Crippen molar-refractivity contribution < 1.29 is 0 Å². The van der Waals surface area contributed by atoms with Crippen LogP contribution in [0, 0.1) is 0 Å². The van der Waals surface area contributed by atoms with Crippen LogP contribution >= 0.6 is 28.3 Å². The third-order valence-corrected chi connectivity index (χ3v) is 2.49. The van der Waals surface area contributed by atoms with E-state index in [9.17, 15) is 0 Å². The number of rotatable bonds is 4. The zero-order valence-corrected chi connectivity index (χ0v) is 10.4. The lowest BCUT2D eigenvalue weighted by molar-refractivity contribution is 0.618. The standard InChI is InChI=1S/C10H15BrN2.ClH/c11-9-4-1-3-8(7-9)10(13)5-2-6-12;/h1,3-4,7,10H,2,5-6,12-13H2;1H/t10-;/m0./s1. The topological polar surface area (TPSA) is 52.0 Å². The van der Waals surface area contributed by atoms with Crippen molar-refractivity contribution in [1.82, 2.24) is 0 Å². The molecule has 0 fully saturated rings. The third-order valence-electron chi connectivity index (χ3n) is 2.00. The lowest BCUT2D eigenvalue weighted by atomic mass is 10.0. The third kappa shape index (κ3) is 4.42. The van der Waals surface area contributed by atoms with E-state index in [1.165, 1.54) is 5.56 Å². The van der Waals surface area contributed by atoms with Crippen LogP contribution in [0.4, 0.5) is 0 Å². The van der Waals surface area contributed by atoms with Crippen LogP contribution in [0.1, 0.15) is 24.4 Å². The molecule has 0 aliphatic rings. The van der Waals surface area contributed by atoms with Gasteiger partial charge in [-0.05, 0) is 37.1 Å². The number of halogens is 2. The van der Waals surface area contributed by atoms with Crippen LogP contribution in [-0.4, -0.2) is 6.54 Å². The maximum absolute atomic E-state index is 5.97. The molecule has 1 rings (SSSR count). The van der Waals surface area contributed by atoms with Crippen LogP contribution in [0.5, 0.6) is 0 Å². The highest BCUT2D eigenvalue weighted by molar-refractivity contribution is 9.10. The highest BCUT2D eigenvalue weighted by Gasteiger charge is 2.04. The normalized spacial score (nSPS) is 11.9. The second-order valence-electron chi connectivity index (χ2n) is 3.09. The van der Waals surface area contributed by atoms with Crippen molar-refractivity contribution in [2.45, 2.75) is 18.9 Å². The number of hydrogen-bond donors (Lipinski definition) is 2. The summed E-state index contributed by atoms with van der Waals surface area (Å²) in [5, 5.41) is 0. The van der Waals surface area contributed by atoms with Gasteiger partial charge < -0.3 is 11.5 Å². The number of hydrogen-bond acceptors (Lipinski definition) is 2. The number of benzene rings is 1. The second kappa shape index (κ2) is 7.23. The molecule has 0 saturated heterocycles. The van der Waals surface area contributed by atoms with Gasteiger partial charge in [0.25, 0.3) is 0 Å². The van der Waals surface area contributed by atoms with Gasteiger partial charge in [0.2, 0.25) is 0 Å². The summed E-state index contributed by atoms with van der Waals surface area (Å²) in [6.07, 6.45) is 1.93. The van der Waals surface area contributed by atoms with E-state index in [2.05, 4.69) is 22.0 Å². The van der Waals surface area contributed by atoms with Crippen molar-refractivity contribution in [2.75, 3.05) is 6.54 Å². The molecule has 0 aliphatic carbocycles. The molecule has 0 aliphatic heterocycles. The largest absolute Gasteiger partial charge is 0.330 e. The Kier molecular flexibility index (Phi) is 7.19. The SMILES string of the molecule is Cl.NCCC[C@H](N)c1cccc(Br)c1. The average molecular weight is 280 g/mol. The van der Waals surface area contributed by atoms with E-state index in [4.69, 9.17) is 11.5 Å². The molecule has 1 aromatic carbocycles. The van der Waals surface area contributed by atoms with Gasteiger partial charge in [0.15, 0.2) is 0 Å². The van der Waals surface area contributed by atoms with Crippen molar-refractivity contribution >= 4 is 28.3 Å². The van der Waals surface area contributed by atoms with Gasteiger partial charge in [-0.3, -0.25) is 0 Å². The Labute approximate surface area is 99.6 Å². The fourth-order valence-corrected chi connectivity index (χ4v) is 1.66. The van der Waals surface area contributed by atoms with Gasteiger partial charge in [-0.1, -0.05) is 28.1 Å². The van der Waals surface area contributed by atoms with Crippen molar-refractivity contribution in [2.24, 2.45) is 11.5 Å². The Morgan fingerprint density at radius 3 is 2.64 bits per heavy atom. The molecule has 0 bridgehead atoms. The summed E-state index contributed by atoms with van der Waals surface area (Å²) in [6.45, 7) is 0.710. The molecule has 4 heteroatoms. The molecule has 80 valence electrons. The fourth-order valence-electron chi connectivity index (χ4n) is 1.24. The smallest absolute Gasteiger partial charge is 0.0295 e. The van der Waals surface area contributed by atoms with E-state index in [1.54, 1.807) is 0 Å². The van der Waals surface area contributed by atoms with Gasteiger partial charge >= 0.3 is 0 Å². The van der Waals surface area contributed by atoms with E-state index in [0.29, 0.717) is 6.54 Å². The van der Waals surface area contributed by atoms with Crippen molar-refractivity contribution in [3.63, 3.8) is 0 Å². The van der Waals surface area contributed by atoms with Crippen LogP contribution in [0.25, 0.3) is 0 Å². The predicted octanol–water partition coefficient (Wildman–Crippen LogP) is 2.61. The first kappa shape index (κ1) is 13.9. The van der Waals surface area contributed by atoms with Gasteiger partial charge in [-0.25, -0.2) is 0 Å². The summed E-state index contributed by atoms with van der Waals surface area (Å²) < 4.78 is 1.08. The summed E-state index contributed by atoms with van der Waals surface area (Å²) in [7, 11) is 0. The molecule has 0 saturated carbocycles. The molecular weight excluding hydrogens is 263 g/mol. The Morgan fingerprint density at radius 2 is 2.07 bits per heavy atom. The van der Waals surface area contributed by atoms with E-state index in [0.717, 1.165) is 17.3 Å². The first-order chi connectivity index (χ1) is 6.24. The van der Waals surface area contributed by atoms with Crippen LogP contribution in [0.2, 0.25) is 0 Å². The number of nitrogens with two attached hydrogens (primary N) is 2. The molecule has 1 atom stereocenters. The summed E-state index contributed by atoms with van der Waals surface area (Å²) >= 11 is 3.42. The molecule has 0 amide bonds. The molecule has 0 aromatic heterocycles. The highest BCUT2D eigenvalue weighted by atomic mass is 79.9. The fraction of sp³-hybridized carbons (Fsp3) is 0.400. The van der Waals surface area contributed by atoms with Gasteiger partial charge in [-0.15, -0.1) is 12.4 Å². The van der Waals surface area contributed by atoms with E-state index >= 15 is 0 Å². The lowest BCUT2D eigenvalue weighted by Crippen LogP contribution is -2.12. The van der Waals surface area contributed by atoms with E-state index < -0.39 is 0 Å². The molecule has 0 radical (unpaired) electrons. The van der Waals surface area contributed by atoms with Crippen LogP contribution < -0.4 is 11.5 Å². The molecule has 1 aromatic rings. The summed E-state index contributed by atoms with van der Waals surface area (Å²) in [5.41, 5.74) is 12.6. The molecule has 0 heterocycles. The Hall–Kier alpha value is -0.0900. The van der Waals surface area contributed by atoms with E-state index in [-0.39, 0.29) is 18.4 Å². The van der Waals surface area contributed by atoms with Crippen LogP contribution in [0.3, 0.4) is 0 Å². The maximum Gasteiger partial charge on any atom is 0.0295 e. The molecule has 0 spiro atoms. The molecule has 14 heavy (non-hydrogen) atoms. The highest BCUT2D eigenvalue weighted by Crippen LogP contribution is 2.19. The summed E-state index contributed by atoms with van der Waals surface area (Å²) in [5.74, 6) is 0. The maximum atomic E-state index is 5.97. The first-order valence-corrected chi connectivity index (χ1v) is 5.24.